The predicted molar refractivity (Wildman–Crippen MR) is 108 cm³/mol. The minimum absolute atomic E-state index is 0.0476. The lowest BCUT2D eigenvalue weighted by Crippen LogP contribution is -2.44. The second kappa shape index (κ2) is 8.87. The highest BCUT2D eigenvalue weighted by Gasteiger charge is 2.25. The van der Waals surface area contributed by atoms with E-state index in [9.17, 15) is 14.0 Å². The van der Waals surface area contributed by atoms with Gasteiger partial charge in [-0.25, -0.2) is 9.18 Å². The molecule has 3 rings (SSSR count). The number of anilines is 1. The largest absolute Gasteiger partial charge is 0.338 e. The van der Waals surface area contributed by atoms with Gasteiger partial charge in [-0.3, -0.25) is 4.79 Å². The van der Waals surface area contributed by atoms with Crippen LogP contribution in [0.1, 0.15) is 34.3 Å². The molecule has 3 amide bonds. The Bertz CT molecular complexity index is 869. The fourth-order valence-corrected chi connectivity index (χ4v) is 3.62. The summed E-state index contributed by atoms with van der Waals surface area (Å²) >= 11 is 0. The number of piperidine rings is 1. The Kier molecular flexibility index (Phi) is 6.29. The summed E-state index contributed by atoms with van der Waals surface area (Å²) in [5.41, 5.74) is 3.27. The maximum atomic E-state index is 13.2. The van der Waals surface area contributed by atoms with Crippen LogP contribution in [0.4, 0.5) is 14.9 Å². The quantitative estimate of drug-likeness (QED) is 0.834. The molecule has 6 heteroatoms. The molecule has 1 aliphatic rings. The normalized spacial score (nSPS) is 16.5. The number of benzene rings is 2. The minimum atomic E-state index is -0.398. The average molecular weight is 383 g/mol. The number of nitrogens with zero attached hydrogens (tertiary/aromatic N) is 1. The summed E-state index contributed by atoms with van der Waals surface area (Å²) in [4.78, 5) is 26.8. The van der Waals surface area contributed by atoms with E-state index in [-0.39, 0.29) is 17.9 Å². The molecule has 2 N–H and O–H groups in total. The van der Waals surface area contributed by atoms with Crippen LogP contribution in [0.3, 0.4) is 0 Å². The number of amides is 3. The van der Waals surface area contributed by atoms with E-state index in [0.29, 0.717) is 18.8 Å². The first-order valence-electron chi connectivity index (χ1n) is 9.59. The smallest absolute Gasteiger partial charge is 0.319 e. The van der Waals surface area contributed by atoms with Crippen molar-refractivity contribution < 1.29 is 14.0 Å². The summed E-state index contributed by atoms with van der Waals surface area (Å²) in [7, 11) is 0. The Hall–Kier alpha value is -2.89. The number of carbonyl (C=O) groups excluding carboxylic acids is 2. The molecule has 1 saturated heterocycles. The van der Waals surface area contributed by atoms with Crippen molar-refractivity contribution >= 4 is 17.6 Å². The summed E-state index contributed by atoms with van der Waals surface area (Å²) in [5, 5.41) is 5.45. The van der Waals surface area contributed by atoms with Gasteiger partial charge in [0.15, 0.2) is 0 Å². The molecule has 0 saturated carbocycles. The average Bonchev–Trinajstić information content (AvgIpc) is 2.66. The zero-order chi connectivity index (χ0) is 20.1. The first kappa shape index (κ1) is 19.9. The summed E-state index contributed by atoms with van der Waals surface area (Å²) in [5.74, 6) is -0.154. The Balaban J connectivity index is 1.53. The van der Waals surface area contributed by atoms with Crippen molar-refractivity contribution in [3.63, 3.8) is 0 Å². The van der Waals surface area contributed by atoms with Gasteiger partial charge in [-0.15, -0.1) is 0 Å². The van der Waals surface area contributed by atoms with Gasteiger partial charge in [-0.05, 0) is 62.4 Å². The van der Waals surface area contributed by atoms with Crippen LogP contribution in [0.15, 0.2) is 42.5 Å². The lowest BCUT2D eigenvalue weighted by atomic mass is 9.96. The highest BCUT2D eigenvalue weighted by Crippen LogP contribution is 2.20. The molecule has 1 aliphatic heterocycles. The zero-order valence-electron chi connectivity index (χ0n) is 16.3. The van der Waals surface area contributed by atoms with Gasteiger partial charge in [-0.2, -0.15) is 0 Å². The van der Waals surface area contributed by atoms with Crippen LogP contribution in [-0.2, 0) is 0 Å². The fourth-order valence-electron chi connectivity index (χ4n) is 3.62. The van der Waals surface area contributed by atoms with E-state index >= 15 is 0 Å². The van der Waals surface area contributed by atoms with Gasteiger partial charge in [-0.1, -0.05) is 23.8 Å². The molecule has 0 spiro atoms. The number of hydrogen-bond acceptors (Lipinski definition) is 2. The van der Waals surface area contributed by atoms with Crippen molar-refractivity contribution in [3.8, 4) is 0 Å². The molecule has 28 heavy (non-hydrogen) atoms. The number of likely N-dealkylation sites (tertiary alicyclic amines) is 1. The van der Waals surface area contributed by atoms with Crippen molar-refractivity contribution in [1.29, 1.82) is 0 Å². The maximum absolute atomic E-state index is 13.2. The van der Waals surface area contributed by atoms with Crippen LogP contribution < -0.4 is 10.6 Å². The van der Waals surface area contributed by atoms with Crippen LogP contribution in [0, 0.1) is 25.6 Å². The van der Waals surface area contributed by atoms with E-state index < -0.39 is 5.82 Å². The van der Waals surface area contributed by atoms with Crippen molar-refractivity contribution in [2.45, 2.75) is 26.7 Å². The predicted octanol–water partition coefficient (Wildman–Crippen LogP) is 4.12. The molecule has 2 aromatic carbocycles. The van der Waals surface area contributed by atoms with Crippen molar-refractivity contribution in [2.75, 3.05) is 25.0 Å². The maximum Gasteiger partial charge on any atom is 0.319 e. The lowest BCUT2D eigenvalue weighted by molar-refractivity contribution is 0.0674. The van der Waals surface area contributed by atoms with Crippen LogP contribution in [0.2, 0.25) is 0 Å². The number of urea groups is 1. The number of rotatable bonds is 4. The van der Waals surface area contributed by atoms with E-state index in [4.69, 9.17) is 0 Å². The minimum Gasteiger partial charge on any atom is -0.338 e. The van der Waals surface area contributed by atoms with Crippen LogP contribution in [0.25, 0.3) is 0 Å². The van der Waals surface area contributed by atoms with Gasteiger partial charge in [0, 0.05) is 30.9 Å². The molecule has 5 nitrogen and oxygen atoms in total. The first-order chi connectivity index (χ1) is 13.4. The molecule has 1 heterocycles. The Labute approximate surface area is 164 Å². The Morgan fingerprint density at radius 2 is 2.00 bits per heavy atom. The summed E-state index contributed by atoms with van der Waals surface area (Å²) < 4.78 is 13.2. The van der Waals surface area contributed by atoms with Gasteiger partial charge >= 0.3 is 6.03 Å². The number of halogens is 1. The highest BCUT2D eigenvalue weighted by atomic mass is 19.1. The summed E-state index contributed by atoms with van der Waals surface area (Å²) in [6, 6.07) is 11.3. The number of carbonyl (C=O) groups is 2. The van der Waals surface area contributed by atoms with Gasteiger partial charge in [0.05, 0.1) is 0 Å². The first-order valence-corrected chi connectivity index (χ1v) is 9.59. The SMILES string of the molecule is Cc1ccc(C(=O)N2CCCC(CNC(=O)Nc3cccc(F)c3)C2)c(C)c1. The molecular weight excluding hydrogens is 357 g/mol. The molecule has 0 aromatic heterocycles. The Morgan fingerprint density at radius 3 is 2.75 bits per heavy atom. The van der Waals surface area contributed by atoms with Gasteiger partial charge in [0.1, 0.15) is 5.82 Å². The highest BCUT2D eigenvalue weighted by molar-refractivity contribution is 5.95. The Morgan fingerprint density at radius 1 is 1.18 bits per heavy atom. The molecular formula is C22H26FN3O2. The second-order valence-electron chi connectivity index (χ2n) is 7.42. The summed E-state index contributed by atoms with van der Waals surface area (Å²) in [6.07, 6.45) is 1.87. The summed E-state index contributed by atoms with van der Waals surface area (Å²) in [6.45, 7) is 5.79. The molecule has 1 unspecified atom stereocenters. The van der Waals surface area contributed by atoms with E-state index in [1.165, 1.54) is 12.1 Å². The van der Waals surface area contributed by atoms with Crippen molar-refractivity contribution in [2.24, 2.45) is 5.92 Å². The zero-order valence-corrected chi connectivity index (χ0v) is 16.3. The second-order valence-corrected chi connectivity index (χ2v) is 7.42. The molecule has 2 aromatic rings. The lowest BCUT2D eigenvalue weighted by Gasteiger charge is -2.33. The topological polar surface area (TPSA) is 61.4 Å². The van der Waals surface area contributed by atoms with Gasteiger partial charge in [0.25, 0.3) is 5.91 Å². The molecule has 148 valence electrons. The molecule has 1 fully saturated rings. The van der Waals surface area contributed by atoms with Crippen LogP contribution in [0.5, 0.6) is 0 Å². The van der Waals surface area contributed by atoms with Crippen molar-refractivity contribution in [1.82, 2.24) is 10.2 Å². The number of hydrogen-bond donors (Lipinski definition) is 2. The fraction of sp³-hybridized carbons (Fsp3) is 0.364. The molecule has 0 bridgehead atoms. The van der Waals surface area contributed by atoms with E-state index in [1.807, 2.05) is 36.9 Å². The van der Waals surface area contributed by atoms with E-state index in [0.717, 1.165) is 36.1 Å². The third kappa shape index (κ3) is 5.09. The van der Waals surface area contributed by atoms with Crippen molar-refractivity contribution in [3.05, 3.63) is 65.0 Å². The molecule has 0 radical (unpaired) electrons. The van der Waals surface area contributed by atoms with E-state index in [1.54, 1.807) is 12.1 Å². The van der Waals surface area contributed by atoms with Crippen LogP contribution >= 0.6 is 0 Å². The molecule has 0 aliphatic carbocycles. The third-order valence-electron chi connectivity index (χ3n) is 5.05. The van der Waals surface area contributed by atoms with Gasteiger partial charge < -0.3 is 15.5 Å². The monoisotopic (exact) mass is 383 g/mol. The van der Waals surface area contributed by atoms with E-state index in [2.05, 4.69) is 10.6 Å². The van der Waals surface area contributed by atoms with Gasteiger partial charge in [0.2, 0.25) is 0 Å². The molecule has 1 atom stereocenters. The van der Waals surface area contributed by atoms with Crippen LogP contribution in [-0.4, -0.2) is 36.5 Å². The number of nitrogens with one attached hydrogen (secondary N) is 2. The standard InChI is InChI=1S/C22H26FN3O2/c1-15-8-9-20(16(2)11-15)21(27)26-10-4-5-17(14-26)13-24-22(28)25-19-7-3-6-18(23)12-19/h3,6-9,11-12,17H,4-5,10,13-14H2,1-2H3,(H2,24,25,28). The third-order valence-corrected chi connectivity index (χ3v) is 5.05. The number of aryl methyl sites for hydroxylation is 2.